The lowest BCUT2D eigenvalue weighted by molar-refractivity contribution is 0.0568. The molecule has 90 valence electrons. The molecular weight excluding hydrogens is 200 g/mol. The van der Waals surface area contributed by atoms with Crippen molar-refractivity contribution in [2.45, 2.75) is 71.3 Å². The average Bonchev–Trinajstić information content (AvgIpc) is 2.05. The normalized spacial score (nSPS) is 40.1. The standard InChI is InChI=1S/C13H28OSi/c1-13(2,3)10-7-8-12(11(14)9-10)15(4,5)6/h10-12,14H,7-9H2,1-6H3/t10-,11-,12+/m0/s1/i12D. The van der Waals surface area contributed by atoms with Gasteiger partial charge in [0.05, 0.1) is 14.2 Å². The molecule has 2 heteroatoms. The largest absolute Gasteiger partial charge is 0.393 e. The molecule has 0 heterocycles. The average molecular weight is 229 g/mol. The first-order valence-electron chi connectivity index (χ1n) is 6.66. The third kappa shape index (κ3) is 3.32. The summed E-state index contributed by atoms with van der Waals surface area (Å²) in [4.78, 5) is 0. The summed E-state index contributed by atoms with van der Waals surface area (Å²) in [5.74, 6) is 0.567. The summed E-state index contributed by atoms with van der Waals surface area (Å²) in [5.41, 5.74) is -0.267. The lowest BCUT2D eigenvalue weighted by Gasteiger charge is -2.43. The van der Waals surface area contributed by atoms with Crippen LogP contribution in [0.25, 0.3) is 0 Å². The third-order valence-electron chi connectivity index (χ3n) is 3.86. The van der Waals surface area contributed by atoms with Gasteiger partial charge in [-0.1, -0.05) is 46.8 Å². The number of aliphatic hydroxyl groups is 1. The van der Waals surface area contributed by atoms with Gasteiger partial charge in [0.25, 0.3) is 0 Å². The zero-order valence-corrected chi connectivity index (χ0v) is 12.2. The van der Waals surface area contributed by atoms with Gasteiger partial charge in [-0.2, -0.15) is 0 Å². The van der Waals surface area contributed by atoms with E-state index in [0.717, 1.165) is 19.3 Å². The minimum Gasteiger partial charge on any atom is -0.393 e. The summed E-state index contributed by atoms with van der Waals surface area (Å²) < 4.78 is 8.58. The molecule has 3 atom stereocenters. The Kier molecular flexibility index (Phi) is 3.27. The molecule has 0 aromatic carbocycles. The molecule has 0 aliphatic heterocycles. The SMILES string of the molecule is [2H][C@@]1([Si](C)(C)C)CC[C@H](C(C)(C)C)C[C@@H]1O. The Morgan fingerprint density at radius 1 is 1.20 bits per heavy atom. The minimum absolute atomic E-state index is 0.266. The molecule has 1 nitrogen and oxygen atoms in total. The molecule has 0 unspecified atom stereocenters. The zero-order chi connectivity index (χ0) is 12.8. The van der Waals surface area contributed by atoms with Crippen molar-refractivity contribution in [2.75, 3.05) is 0 Å². The van der Waals surface area contributed by atoms with Gasteiger partial charge in [-0.25, -0.2) is 0 Å². The predicted molar refractivity (Wildman–Crippen MR) is 69.9 cm³/mol. The van der Waals surface area contributed by atoms with Crippen molar-refractivity contribution >= 4 is 8.07 Å². The van der Waals surface area contributed by atoms with Crippen LogP contribution in [0, 0.1) is 11.3 Å². The topological polar surface area (TPSA) is 20.2 Å². The molecular formula is C13H28OSi. The fourth-order valence-corrected chi connectivity index (χ4v) is 4.70. The molecule has 1 aliphatic carbocycles. The summed E-state index contributed by atoms with van der Waals surface area (Å²) >= 11 is 0. The molecule has 1 aliphatic rings. The van der Waals surface area contributed by atoms with E-state index in [1.165, 1.54) is 0 Å². The van der Waals surface area contributed by atoms with Crippen molar-refractivity contribution < 1.29 is 6.48 Å². The lowest BCUT2D eigenvalue weighted by atomic mass is 9.71. The number of hydrogen-bond donors (Lipinski definition) is 1. The Hall–Kier alpha value is 0.177. The maximum absolute atomic E-state index is 10.3. The molecule has 0 radical (unpaired) electrons. The lowest BCUT2D eigenvalue weighted by Crippen LogP contribution is -2.42. The first kappa shape index (κ1) is 11.7. The monoisotopic (exact) mass is 229 g/mol. The Morgan fingerprint density at radius 2 is 1.73 bits per heavy atom. The molecule has 1 fully saturated rings. The zero-order valence-electron chi connectivity index (χ0n) is 12.2. The van der Waals surface area contributed by atoms with E-state index in [0.29, 0.717) is 5.92 Å². The Bertz CT molecular complexity index is 254. The smallest absolute Gasteiger partial charge is 0.0547 e. The summed E-state index contributed by atoms with van der Waals surface area (Å²) in [6.07, 6.45) is 2.38. The molecule has 0 aromatic heterocycles. The van der Waals surface area contributed by atoms with Crippen molar-refractivity contribution in [3.8, 4) is 0 Å². The highest BCUT2D eigenvalue weighted by molar-refractivity contribution is 6.77. The van der Waals surface area contributed by atoms with Crippen molar-refractivity contribution in [3.05, 3.63) is 0 Å². The van der Waals surface area contributed by atoms with E-state index in [4.69, 9.17) is 1.37 Å². The van der Waals surface area contributed by atoms with Gasteiger partial charge in [-0.05, 0) is 29.7 Å². The molecule has 0 aromatic rings. The first-order chi connectivity index (χ1) is 6.98. The maximum Gasteiger partial charge on any atom is 0.0547 e. The summed E-state index contributed by atoms with van der Waals surface area (Å²) in [6.45, 7) is 13.4. The molecule has 0 spiro atoms. The van der Waals surface area contributed by atoms with Gasteiger partial charge >= 0.3 is 0 Å². The summed E-state index contributed by atoms with van der Waals surface area (Å²) in [6, 6.07) is 0. The molecule has 0 amide bonds. The maximum atomic E-state index is 10.3. The van der Waals surface area contributed by atoms with Crippen LogP contribution in [0.3, 0.4) is 0 Å². The van der Waals surface area contributed by atoms with Crippen LogP contribution in [-0.2, 0) is 0 Å². The van der Waals surface area contributed by atoms with Crippen molar-refractivity contribution in [3.63, 3.8) is 0 Å². The highest BCUT2D eigenvalue weighted by Gasteiger charge is 2.40. The van der Waals surface area contributed by atoms with Gasteiger partial charge in [-0.15, -0.1) is 0 Å². The van der Waals surface area contributed by atoms with Gasteiger partial charge in [0.2, 0.25) is 0 Å². The van der Waals surface area contributed by atoms with Gasteiger partial charge in [0.15, 0.2) is 0 Å². The summed E-state index contributed by atoms with van der Waals surface area (Å²) in [7, 11) is -1.62. The van der Waals surface area contributed by atoms with Gasteiger partial charge in [0, 0.05) is 1.37 Å². The van der Waals surface area contributed by atoms with Crippen molar-refractivity contribution in [2.24, 2.45) is 11.3 Å². The molecule has 1 saturated carbocycles. The highest BCUT2D eigenvalue weighted by Crippen LogP contribution is 2.45. The van der Waals surface area contributed by atoms with Crippen molar-refractivity contribution in [1.29, 1.82) is 0 Å². The second-order valence-electron chi connectivity index (χ2n) is 7.13. The van der Waals surface area contributed by atoms with E-state index in [-0.39, 0.29) is 5.41 Å². The highest BCUT2D eigenvalue weighted by atomic mass is 28.3. The van der Waals surface area contributed by atoms with Crippen LogP contribution in [-0.4, -0.2) is 19.3 Å². The molecule has 1 rings (SSSR count). The Morgan fingerprint density at radius 3 is 2.07 bits per heavy atom. The Balaban J connectivity index is 2.81. The van der Waals surface area contributed by atoms with Gasteiger partial charge in [-0.3, -0.25) is 0 Å². The van der Waals surface area contributed by atoms with Crippen LogP contribution in [0.5, 0.6) is 0 Å². The number of rotatable bonds is 1. The van der Waals surface area contributed by atoms with E-state index >= 15 is 0 Å². The summed E-state index contributed by atoms with van der Waals surface area (Å²) in [5, 5.41) is 10.3. The Labute approximate surface area is 97.7 Å². The van der Waals surface area contributed by atoms with Crippen molar-refractivity contribution in [1.82, 2.24) is 0 Å². The van der Waals surface area contributed by atoms with Crippen LogP contribution >= 0.6 is 0 Å². The quantitative estimate of drug-likeness (QED) is 0.676. The van der Waals surface area contributed by atoms with Crippen LogP contribution in [0.15, 0.2) is 0 Å². The minimum atomic E-state index is -1.62. The molecule has 15 heavy (non-hydrogen) atoms. The van der Waals surface area contributed by atoms with E-state index in [1.54, 1.807) is 0 Å². The fraction of sp³-hybridized carbons (Fsp3) is 1.00. The van der Waals surface area contributed by atoms with E-state index in [2.05, 4.69) is 40.4 Å². The number of aliphatic hydroxyl groups excluding tert-OH is 1. The van der Waals surface area contributed by atoms with E-state index in [1.807, 2.05) is 0 Å². The van der Waals surface area contributed by atoms with Crippen LogP contribution in [0.2, 0.25) is 25.2 Å². The predicted octanol–water partition coefficient (Wildman–Crippen LogP) is 3.90. The molecule has 1 N–H and O–H groups in total. The van der Waals surface area contributed by atoms with Crippen LogP contribution in [0.1, 0.15) is 41.4 Å². The van der Waals surface area contributed by atoms with Gasteiger partial charge in [0.1, 0.15) is 0 Å². The first-order valence-corrected chi connectivity index (χ1v) is 9.66. The second-order valence-corrected chi connectivity index (χ2v) is 12.3. The molecule has 0 saturated heterocycles. The van der Waals surface area contributed by atoms with Crippen LogP contribution < -0.4 is 0 Å². The van der Waals surface area contributed by atoms with Crippen LogP contribution in [0.4, 0.5) is 0 Å². The number of hydrogen-bond acceptors (Lipinski definition) is 1. The van der Waals surface area contributed by atoms with E-state index in [9.17, 15) is 5.11 Å². The molecule has 0 bridgehead atoms. The fourth-order valence-electron chi connectivity index (χ4n) is 2.69. The van der Waals surface area contributed by atoms with Gasteiger partial charge < -0.3 is 5.11 Å². The third-order valence-corrected chi connectivity index (χ3v) is 6.37. The van der Waals surface area contributed by atoms with E-state index < -0.39 is 19.7 Å². The second kappa shape index (κ2) is 4.21.